The van der Waals surface area contributed by atoms with Crippen LogP contribution in [0.2, 0.25) is 0 Å². The average Bonchev–Trinajstić information content (AvgIpc) is 2.55. The summed E-state index contributed by atoms with van der Waals surface area (Å²) in [6, 6.07) is 0. The average molecular weight is 221 g/mol. The Balaban J connectivity index is 2.49. The molecule has 2 heterocycles. The Labute approximate surface area is 98.4 Å². The van der Waals surface area contributed by atoms with Crippen molar-refractivity contribution in [3.63, 3.8) is 0 Å². The lowest BCUT2D eigenvalue weighted by atomic mass is 9.94. The van der Waals surface area contributed by atoms with E-state index in [2.05, 4.69) is 44.3 Å². The summed E-state index contributed by atoms with van der Waals surface area (Å²) < 4.78 is 2.23. The zero-order valence-corrected chi connectivity index (χ0v) is 11.1. The van der Waals surface area contributed by atoms with Gasteiger partial charge in [-0.15, -0.1) is 0 Å². The van der Waals surface area contributed by atoms with E-state index >= 15 is 0 Å². The molecule has 3 heteroatoms. The van der Waals surface area contributed by atoms with Gasteiger partial charge in [0.2, 0.25) is 0 Å². The Hall–Kier alpha value is -0.830. The summed E-state index contributed by atoms with van der Waals surface area (Å²) in [6.45, 7) is 12.2. The van der Waals surface area contributed by atoms with Crippen molar-refractivity contribution < 1.29 is 0 Å². The van der Waals surface area contributed by atoms with Gasteiger partial charge in [0.1, 0.15) is 0 Å². The maximum Gasteiger partial charge on any atom is 0.0687 e. The minimum atomic E-state index is 0.529. The molecule has 16 heavy (non-hydrogen) atoms. The van der Waals surface area contributed by atoms with Gasteiger partial charge in [-0.1, -0.05) is 27.7 Å². The van der Waals surface area contributed by atoms with Gasteiger partial charge in [0.15, 0.2) is 0 Å². The highest BCUT2D eigenvalue weighted by molar-refractivity contribution is 5.32. The summed E-state index contributed by atoms with van der Waals surface area (Å²) in [4.78, 5) is 2.38. The monoisotopic (exact) mass is 221 g/mol. The lowest BCUT2D eigenvalue weighted by Gasteiger charge is -2.25. The van der Waals surface area contributed by atoms with Gasteiger partial charge in [-0.05, 0) is 18.9 Å². The first-order valence-electron chi connectivity index (χ1n) is 6.28. The molecule has 0 amide bonds. The zero-order chi connectivity index (χ0) is 11.9. The number of rotatable bonds is 2. The number of likely N-dealkylation sites (N-methyl/N-ethyl adjacent to an activating group) is 1. The van der Waals surface area contributed by atoms with Crippen molar-refractivity contribution in [1.29, 1.82) is 0 Å². The number of aromatic nitrogens is 2. The highest BCUT2D eigenvalue weighted by Crippen LogP contribution is 2.30. The Morgan fingerprint density at radius 3 is 2.31 bits per heavy atom. The molecule has 0 saturated carbocycles. The van der Waals surface area contributed by atoms with E-state index in [1.807, 2.05) is 0 Å². The molecule has 1 aliphatic heterocycles. The molecule has 1 aromatic rings. The van der Waals surface area contributed by atoms with E-state index in [4.69, 9.17) is 5.10 Å². The molecule has 0 saturated heterocycles. The van der Waals surface area contributed by atoms with Gasteiger partial charge in [0.25, 0.3) is 0 Å². The predicted molar refractivity (Wildman–Crippen MR) is 66.7 cm³/mol. The highest BCUT2D eigenvalue weighted by Gasteiger charge is 2.25. The first kappa shape index (κ1) is 11.6. The van der Waals surface area contributed by atoms with E-state index in [1.54, 1.807) is 0 Å². The van der Waals surface area contributed by atoms with Crippen molar-refractivity contribution in [2.75, 3.05) is 13.6 Å². The van der Waals surface area contributed by atoms with Gasteiger partial charge in [-0.2, -0.15) is 5.10 Å². The van der Waals surface area contributed by atoms with Crippen molar-refractivity contribution >= 4 is 0 Å². The Morgan fingerprint density at radius 2 is 1.75 bits per heavy atom. The van der Waals surface area contributed by atoms with Crippen LogP contribution in [0.15, 0.2) is 0 Å². The quantitative estimate of drug-likeness (QED) is 0.765. The molecule has 2 rings (SSSR count). The van der Waals surface area contributed by atoms with Crippen molar-refractivity contribution in [3.8, 4) is 0 Å². The summed E-state index contributed by atoms with van der Waals surface area (Å²) in [5.41, 5.74) is 4.23. The van der Waals surface area contributed by atoms with Crippen LogP contribution in [0, 0.1) is 0 Å². The van der Waals surface area contributed by atoms with Crippen molar-refractivity contribution in [1.82, 2.24) is 14.7 Å². The Bertz CT molecular complexity index is 377. The minimum Gasteiger partial charge on any atom is -0.299 e. The van der Waals surface area contributed by atoms with Crippen LogP contribution in [-0.4, -0.2) is 28.3 Å². The fourth-order valence-corrected chi connectivity index (χ4v) is 2.54. The zero-order valence-electron chi connectivity index (χ0n) is 11.1. The minimum absolute atomic E-state index is 0.529. The number of hydrogen-bond acceptors (Lipinski definition) is 2. The standard InChI is InChI=1S/C13H23N3/c1-9(2)12-11-8-15(5)6-7-16(11)14-13(12)10(3)4/h9-10H,6-8H2,1-5H3. The van der Waals surface area contributed by atoms with E-state index in [0.717, 1.165) is 19.6 Å². The maximum atomic E-state index is 4.80. The van der Waals surface area contributed by atoms with Gasteiger partial charge in [-0.25, -0.2) is 0 Å². The van der Waals surface area contributed by atoms with Gasteiger partial charge < -0.3 is 0 Å². The van der Waals surface area contributed by atoms with Crippen molar-refractivity contribution in [2.45, 2.75) is 52.6 Å². The van der Waals surface area contributed by atoms with Crippen LogP contribution in [0.1, 0.15) is 56.5 Å². The SMILES string of the molecule is CC(C)c1nn2c(c1C(C)C)CN(C)CC2. The first-order valence-corrected chi connectivity index (χ1v) is 6.28. The molecule has 0 fully saturated rings. The van der Waals surface area contributed by atoms with Gasteiger partial charge >= 0.3 is 0 Å². The molecule has 0 spiro atoms. The highest BCUT2D eigenvalue weighted by atomic mass is 15.3. The second kappa shape index (κ2) is 4.21. The van der Waals surface area contributed by atoms with Crippen LogP contribution in [0.4, 0.5) is 0 Å². The second-order valence-corrected chi connectivity index (χ2v) is 5.52. The molecule has 0 aromatic carbocycles. The van der Waals surface area contributed by atoms with Crippen LogP contribution in [-0.2, 0) is 13.1 Å². The molecule has 1 aliphatic rings. The van der Waals surface area contributed by atoms with E-state index in [1.165, 1.54) is 17.0 Å². The lowest BCUT2D eigenvalue weighted by molar-refractivity contribution is 0.257. The van der Waals surface area contributed by atoms with Gasteiger partial charge in [0, 0.05) is 18.7 Å². The second-order valence-electron chi connectivity index (χ2n) is 5.52. The third-order valence-corrected chi connectivity index (χ3v) is 3.36. The topological polar surface area (TPSA) is 21.1 Å². The van der Waals surface area contributed by atoms with Gasteiger partial charge in [0.05, 0.1) is 17.9 Å². The number of hydrogen-bond donors (Lipinski definition) is 0. The number of fused-ring (bicyclic) bond motifs is 1. The molecule has 0 atom stereocenters. The molecule has 1 aromatic heterocycles. The molecule has 0 bridgehead atoms. The Morgan fingerprint density at radius 1 is 1.06 bits per heavy atom. The van der Waals surface area contributed by atoms with E-state index in [0.29, 0.717) is 11.8 Å². The fourth-order valence-electron chi connectivity index (χ4n) is 2.54. The van der Waals surface area contributed by atoms with Crippen LogP contribution in [0.3, 0.4) is 0 Å². The van der Waals surface area contributed by atoms with Gasteiger partial charge in [-0.3, -0.25) is 9.58 Å². The summed E-state index contributed by atoms with van der Waals surface area (Å²) >= 11 is 0. The summed E-state index contributed by atoms with van der Waals surface area (Å²) in [6.07, 6.45) is 0. The molecular weight excluding hydrogens is 198 g/mol. The number of nitrogens with zero attached hydrogens (tertiary/aromatic N) is 3. The van der Waals surface area contributed by atoms with Crippen LogP contribution >= 0.6 is 0 Å². The van der Waals surface area contributed by atoms with E-state index < -0.39 is 0 Å². The largest absolute Gasteiger partial charge is 0.299 e. The molecule has 90 valence electrons. The summed E-state index contributed by atoms with van der Waals surface area (Å²) in [5.74, 6) is 1.11. The van der Waals surface area contributed by atoms with Crippen LogP contribution in [0.5, 0.6) is 0 Å². The molecule has 3 nitrogen and oxygen atoms in total. The summed E-state index contributed by atoms with van der Waals surface area (Å²) in [5, 5.41) is 4.80. The van der Waals surface area contributed by atoms with Crippen molar-refractivity contribution in [3.05, 3.63) is 17.0 Å². The Kier molecular flexibility index (Phi) is 3.06. The van der Waals surface area contributed by atoms with E-state index in [-0.39, 0.29) is 0 Å². The molecule has 0 unspecified atom stereocenters. The molecule has 0 N–H and O–H groups in total. The summed E-state index contributed by atoms with van der Waals surface area (Å²) in [7, 11) is 2.19. The first-order chi connectivity index (χ1) is 7.50. The lowest BCUT2D eigenvalue weighted by Crippen LogP contribution is -2.31. The fraction of sp³-hybridized carbons (Fsp3) is 0.769. The van der Waals surface area contributed by atoms with Crippen molar-refractivity contribution in [2.24, 2.45) is 0 Å². The third-order valence-electron chi connectivity index (χ3n) is 3.36. The molecular formula is C13H23N3. The van der Waals surface area contributed by atoms with Crippen LogP contribution in [0.25, 0.3) is 0 Å². The molecule has 0 radical (unpaired) electrons. The predicted octanol–water partition coefficient (Wildman–Crippen LogP) is 2.58. The van der Waals surface area contributed by atoms with E-state index in [9.17, 15) is 0 Å². The smallest absolute Gasteiger partial charge is 0.0687 e. The van der Waals surface area contributed by atoms with Crippen LogP contribution < -0.4 is 0 Å². The maximum absolute atomic E-state index is 4.80. The molecule has 0 aliphatic carbocycles. The normalized spacial score (nSPS) is 17.2. The third kappa shape index (κ3) is 1.88.